The van der Waals surface area contributed by atoms with Gasteiger partial charge in [-0.15, -0.1) is 0 Å². The van der Waals surface area contributed by atoms with Gasteiger partial charge in [-0.2, -0.15) is 0 Å². The molecule has 1 amide bonds. The Morgan fingerprint density at radius 2 is 2.04 bits per heavy atom. The molecule has 3 aromatic heterocycles. The Bertz CT molecular complexity index is 1110. The Labute approximate surface area is 149 Å². The molecule has 0 spiro atoms. The Kier molecular flexibility index (Phi) is 4.08. The summed E-state index contributed by atoms with van der Waals surface area (Å²) in [6.07, 6.45) is 4.45. The van der Waals surface area contributed by atoms with Gasteiger partial charge in [-0.05, 0) is 30.7 Å². The van der Waals surface area contributed by atoms with Gasteiger partial charge in [0.05, 0.1) is 16.9 Å². The lowest BCUT2D eigenvalue weighted by atomic mass is 10.1. The van der Waals surface area contributed by atoms with E-state index in [4.69, 9.17) is 0 Å². The van der Waals surface area contributed by atoms with Crippen molar-refractivity contribution >= 4 is 28.1 Å². The highest BCUT2D eigenvalue weighted by atomic mass is 19.1. The summed E-state index contributed by atoms with van der Waals surface area (Å²) < 4.78 is 15.2. The van der Waals surface area contributed by atoms with Gasteiger partial charge in [-0.1, -0.05) is 31.5 Å². The van der Waals surface area contributed by atoms with E-state index in [2.05, 4.69) is 15.3 Å². The molecule has 5 nitrogen and oxygen atoms in total. The molecule has 4 rings (SSSR count). The van der Waals surface area contributed by atoms with Crippen molar-refractivity contribution in [2.24, 2.45) is 0 Å². The predicted octanol–water partition coefficient (Wildman–Crippen LogP) is 4.23. The fourth-order valence-electron chi connectivity index (χ4n) is 3.11. The first-order chi connectivity index (χ1) is 12.7. The number of nitrogens with one attached hydrogen (secondary N) is 1. The maximum absolute atomic E-state index is 13.7. The van der Waals surface area contributed by atoms with Crippen molar-refractivity contribution in [2.45, 2.75) is 19.8 Å². The van der Waals surface area contributed by atoms with Crippen LogP contribution in [0.3, 0.4) is 0 Å². The lowest BCUT2D eigenvalue weighted by Gasteiger charge is -2.09. The molecular formula is C20H17FN4O. The second-order valence-electron chi connectivity index (χ2n) is 6.07. The van der Waals surface area contributed by atoms with Crippen molar-refractivity contribution in [1.29, 1.82) is 0 Å². The Balaban J connectivity index is 1.80. The Morgan fingerprint density at radius 1 is 1.19 bits per heavy atom. The lowest BCUT2D eigenvalue weighted by molar-refractivity contribution is 0.102. The zero-order valence-electron chi connectivity index (χ0n) is 14.2. The van der Waals surface area contributed by atoms with Crippen molar-refractivity contribution in [2.75, 3.05) is 5.32 Å². The minimum Gasteiger partial charge on any atom is -0.319 e. The number of aromatic nitrogens is 3. The smallest absolute Gasteiger partial charge is 0.274 e. The normalized spacial score (nSPS) is 11.2. The van der Waals surface area contributed by atoms with Gasteiger partial charge in [0.1, 0.15) is 17.2 Å². The van der Waals surface area contributed by atoms with Crippen molar-refractivity contribution in [3.63, 3.8) is 0 Å². The van der Waals surface area contributed by atoms with Gasteiger partial charge in [0, 0.05) is 17.8 Å². The first-order valence-corrected chi connectivity index (χ1v) is 8.49. The predicted molar refractivity (Wildman–Crippen MR) is 98.8 cm³/mol. The SMILES string of the molecule is CCCc1nc2ccc(F)cn2c1C(=O)Nc1cccc2cccnc12. The number of rotatable bonds is 4. The fourth-order valence-corrected chi connectivity index (χ4v) is 3.11. The molecule has 0 aliphatic carbocycles. The van der Waals surface area contributed by atoms with Crippen molar-refractivity contribution < 1.29 is 9.18 Å². The summed E-state index contributed by atoms with van der Waals surface area (Å²) in [6, 6.07) is 12.3. The highest BCUT2D eigenvalue weighted by Crippen LogP contribution is 2.23. The monoisotopic (exact) mass is 348 g/mol. The number of carbonyl (C=O) groups excluding carboxylic acids is 1. The first kappa shape index (κ1) is 16.2. The van der Waals surface area contributed by atoms with E-state index in [0.717, 1.165) is 11.8 Å². The molecular weight excluding hydrogens is 331 g/mol. The number of amides is 1. The molecule has 4 aromatic rings. The largest absolute Gasteiger partial charge is 0.319 e. The van der Waals surface area contributed by atoms with E-state index in [1.54, 1.807) is 18.3 Å². The zero-order chi connectivity index (χ0) is 18.1. The van der Waals surface area contributed by atoms with Crippen LogP contribution in [0.1, 0.15) is 29.5 Å². The number of aryl methyl sites for hydroxylation is 1. The third-order valence-electron chi connectivity index (χ3n) is 4.24. The molecule has 0 saturated carbocycles. The summed E-state index contributed by atoms with van der Waals surface area (Å²) in [5.41, 5.74) is 2.89. The zero-order valence-corrected chi connectivity index (χ0v) is 14.2. The molecule has 1 aromatic carbocycles. The highest BCUT2D eigenvalue weighted by molar-refractivity contribution is 6.08. The number of hydrogen-bond acceptors (Lipinski definition) is 3. The quantitative estimate of drug-likeness (QED) is 0.600. The summed E-state index contributed by atoms with van der Waals surface area (Å²) in [7, 11) is 0. The number of benzene rings is 1. The highest BCUT2D eigenvalue weighted by Gasteiger charge is 2.20. The molecule has 0 fully saturated rings. The number of nitrogens with zero attached hydrogens (tertiary/aromatic N) is 3. The number of fused-ring (bicyclic) bond motifs is 2. The van der Waals surface area contributed by atoms with Crippen LogP contribution in [0.15, 0.2) is 54.9 Å². The minimum absolute atomic E-state index is 0.329. The van der Waals surface area contributed by atoms with E-state index in [-0.39, 0.29) is 5.91 Å². The van der Waals surface area contributed by atoms with Crippen LogP contribution in [0.5, 0.6) is 0 Å². The van der Waals surface area contributed by atoms with E-state index in [9.17, 15) is 9.18 Å². The van der Waals surface area contributed by atoms with Gasteiger partial charge < -0.3 is 5.32 Å². The van der Waals surface area contributed by atoms with Crippen LogP contribution in [-0.2, 0) is 6.42 Å². The maximum atomic E-state index is 13.7. The van der Waals surface area contributed by atoms with Crippen molar-refractivity contribution in [3.8, 4) is 0 Å². The molecule has 0 radical (unpaired) electrons. The van der Waals surface area contributed by atoms with Gasteiger partial charge in [0.15, 0.2) is 0 Å². The average molecular weight is 348 g/mol. The van der Waals surface area contributed by atoms with Crippen LogP contribution in [0.25, 0.3) is 16.6 Å². The number of anilines is 1. The summed E-state index contributed by atoms with van der Waals surface area (Å²) in [6.45, 7) is 2.01. The number of halogens is 1. The second kappa shape index (κ2) is 6.55. The Morgan fingerprint density at radius 3 is 2.88 bits per heavy atom. The van der Waals surface area contributed by atoms with Crippen LogP contribution in [0.2, 0.25) is 0 Å². The number of carbonyl (C=O) groups is 1. The van der Waals surface area contributed by atoms with E-state index in [1.165, 1.54) is 16.7 Å². The molecule has 3 heterocycles. The van der Waals surface area contributed by atoms with E-state index in [1.807, 2.05) is 31.2 Å². The van der Waals surface area contributed by atoms with Gasteiger partial charge in [0.2, 0.25) is 0 Å². The van der Waals surface area contributed by atoms with Crippen molar-refractivity contribution in [3.05, 3.63) is 72.1 Å². The van der Waals surface area contributed by atoms with E-state index >= 15 is 0 Å². The molecule has 1 N–H and O–H groups in total. The minimum atomic E-state index is -0.418. The standard InChI is InChI=1S/C20H17FN4O/c1-2-5-16-19(25-12-14(21)9-10-17(25)23-16)20(26)24-15-8-3-6-13-7-4-11-22-18(13)15/h3-4,6-12H,2,5H2,1H3,(H,24,26). The topological polar surface area (TPSA) is 59.3 Å². The second-order valence-corrected chi connectivity index (χ2v) is 6.07. The molecule has 0 aliphatic heterocycles. The maximum Gasteiger partial charge on any atom is 0.274 e. The average Bonchev–Trinajstić information content (AvgIpc) is 2.99. The number of imidazole rings is 1. The first-order valence-electron chi connectivity index (χ1n) is 8.49. The van der Waals surface area contributed by atoms with Gasteiger partial charge in [0.25, 0.3) is 5.91 Å². The molecule has 0 saturated heterocycles. The molecule has 6 heteroatoms. The summed E-state index contributed by atoms with van der Waals surface area (Å²) in [5.74, 6) is -0.747. The molecule has 0 atom stereocenters. The van der Waals surface area contributed by atoms with Crippen LogP contribution < -0.4 is 5.32 Å². The lowest BCUT2D eigenvalue weighted by Crippen LogP contribution is -2.17. The summed E-state index contributed by atoms with van der Waals surface area (Å²) in [4.78, 5) is 21.9. The molecule has 0 bridgehead atoms. The number of para-hydroxylation sites is 1. The summed E-state index contributed by atoms with van der Waals surface area (Å²) in [5, 5.41) is 3.85. The fraction of sp³-hybridized carbons (Fsp3) is 0.150. The van der Waals surface area contributed by atoms with Crippen LogP contribution in [0.4, 0.5) is 10.1 Å². The Hall–Kier alpha value is -3.28. The van der Waals surface area contributed by atoms with Crippen LogP contribution >= 0.6 is 0 Å². The van der Waals surface area contributed by atoms with Gasteiger partial charge in [-0.25, -0.2) is 9.37 Å². The third kappa shape index (κ3) is 2.79. The number of hydrogen-bond donors (Lipinski definition) is 1. The molecule has 0 unspecified atom stereocenters. The van der Waals surface area contributed by atoms with E-state index in [0.29, 0.717) is 34.7 Å². The summed E-state index contributed by atoms with van der Waals surface area (Å²) >= 11 is 0. The van der Waals surface area contributed by atoms with Gasteiger partial charge >= 0.3 is 0 Å². The van der Waals surface area contributed by atoms with E-state index < -0.39 is 5.82 Å². The third-order valence-corrected chi connectivity index (χ3v) is 4.24. The van der Waals surface area contributed by atoms with Gasteiger partial charge in [-0.3, -0.25) is 14.2 Å². The van der Waals surface area contributed by atoms with Crippen molar-refractivity contribution in [1.82, 2.24) is 14.4 Å². The van der Waals surface area contributed by atoms with Crippen LogP contribution in [-0.4, -0.2) is 20.3 Å². The molecule has 130 valence electrons. The molecule has 26 heavy (non-hydrogen) atoms. The molecule has 0 aliphatic rings. The number of pyridine rings is 2. The van der Waals surface area contributed by atoms with Crippen LogP contribution in [0, 0.1) is 5.82 Å².